The number of benzene rings is 1. The molecule has 0 spiro atoms. The van der Waals surface area contributed by atoms with E-state index < -0.39 is 5.97 Å². The van der Waals surface area contributed by atoms with Crippen molar-refractivity contribution in [1.82, 2.24) is 0 Å². The van der Waals surface area contributed by atoms with Gasteiger partial charge in [0.15, 0.2) is 0 Å². The van der Waals surface area contributed by atoms with E-state index in [1.165, 1.54) is 11.1 Å². The van der Waals surface area contributed by atoms with E-state index in [9.17, 15) is 4.79 Å². The van der Waals surface area contributed by atoms with Crippen LogP contribution < -0.4 is 0 Å². The SMILES string of the molecule is CC(C)C1c2ccccc2CCC1COCC(=O)O.Cl.Cl. The summed E-state index contributed by atoms with van der Waals surface area (Å²) in [5.41, 5.74) is 2.86. The second kappa shape index (κ2) is 9.29. The molecule has 1 N–H and O–H groups in total. The molecule has 0 bridgehead atoms. The number of hydrogen-bond acceptors (Lipinski definition) is 2. The topological polar surface area (TPSA) is 46.5 Å². The first-order valence-corrected chi connectivity index (χ1v) is 6.97. The van der Waals surface area contributed by atoms with Gasteiger partial charge in [-0.15, -0.1) is 24.8 Å². The lowest BCUT2D eigenvalue weighted by molar-refractivity contribution is -0.142. The molecule has 21 heavy (non-hydrogen) atoms. The Balaban J connectivity index is 0.00000200. The molecule has 5 heteroatoms. The predicted molar refractivity (Wildman–Crippen MR) is 88.8 cm³/mol. The number of carboxylic acid groups (broad SMARTS) is 1. The summed E-state index contributed by atoms with van der Waals surface area (Å²) in [4.78, 5) is 10.5. The summed E-state index contributed by atoms with van der Waals surface area (Å²) in [6, 6.07) is 8.61. The molecule has 0 amide bonds. The second-order valence-electron chi connectivity index (χ2n) is 5.68. The number of hydrogen-bond donors (Lipinski definition) is 1. The van der Waals surface area contributed by atoms with Gasteiger partial charge in [0.2, 0.25) is 0 Å². The fourth-order valence-electron chi connectivity index (χ4n) is 3.25. The third kappa shape index (κ3) is 5.17. The molecule has 2 atom stereocenters. The molecule has 0 fully saturated rings. The van der Waals surface area contributed by atoms with E-state index in [1.54, 1.807) is 0 Å². The highest BCUT2D eigenvalue weighted by Gasteiger charge is 2.31. The quantitative estimate of drug-likeness (QED) is 0.887. The number of halogens is 2. The van der Waals surface area contributed by atoms with Crippen LogP contribution >= 0.6 is 24.8 Å². The molecule has 1 aliphatic carbocycles. The van der Waals surface area contributed by atoms with Crippen LogP contribution in [0, 0.1) is 11.8 Å². The zero-order chi connectivity index (χ0) is 13.8. The minimum absolute atomic E-state index is 0. The first kappa shape index (κ1) is 20.2. The van der Waals surface area contributed by atoms with Crippen LogP contribution in [0.4, 0.5) is 0 Å². The Kier molecular flexibility index (Phi) is 8.95. The van der Waals surface area contributed by atoms with Crippen molar-refractivity contribution in [3.8, 4) is 0 Å². The molecule has 1 aromatic rings. The third-order valence-corrected chi connectivity index (χ3v) is 3.98. The van der Waals surface area contributed by atoms with Crippen molar-refractivity contribution in [2.75, 3.05) is 13.2 Å². The van der Waals surface area contributed by atoms with Gasteiger partial charge >= 0.3 is 5.97 Å². The normalized spacial score (nSPS) is 20.1. The van der Waals surface area contributed by atoms with Crippen LogP contribution in [0.25, 0.3) is 0 Å². The van der Waals surface area contributed by atoms with E-state index in [2.05, 4.69) is 38.1 Å². The van der Waals surface area contributed by atoms with E-state index >= 15 is 0 Å². The van der Waals surface area contributed by atoms with Crippen LogP contribution in [0.2, 0.25) is 0 Å². The van der Waals surface area contributed by atoms with Crippen molar-refractivity contribution in [3.63, 3.8) is 0 Å². The second-order valence-corrected chi connectivity index (χ2v) is 5.68. The number of ether oxygens (including phenoxy) is 1. The summed E-state index contributed by atoms with van der Waals surface area (Å²) in [5.74, 6) is 0.546. The summed E-state index contributed by atoms with van der Waals surface area (Å²) in [6.07, 6.45) is 2.15. The van der Waals surface area contributed by atoms with Crippen LogP contribution in [0.15, 0.2) is 24.3 Å². The Labute approximate surface area is 138 Å². The number of aliphatic carboxylic acids is 1. The van der Waals surface area contributed by atoms with Gasteiger partial charge < -0.3 is 9.84 Å². The number of carbonyl (C=O) groups is 1. The number of rotatable bonds is 5. The van der Waals surface area contributed by atoms with Crippen molar-refractivity contribution < 1.29 is 14.6 Å². The molecule has 0 aromatic heterocycles. The van der Waals surface area contributed by atoms with Gasteiger partial charge in [-0.05, 0) is 41.7 Å². The van der Waals surface area contributed by atoms with Crippen LogP contribution in [0.5, 0.6) is 0 Å². The average molecular weight is 335 g/mol. The largest absolute Gasteiger partial charge is 0.480 e. The van der Waals surface area contributed by atoms with Gasteiger partial charge in [0.05, 0.1) is 6.61 Å². The highest BCUT2D eigenvalue weighted by atomic mass is 35.5. The zero-order valence-electron chi connectivity index (χ0n) is 12.5. The fraction of sp³-hybridized carbons (Fsp3) is 0.562. The maximum absolute atomic E-state index is 10.5. The van der Waals surface area contributed by atoms with E-state index in [0.29, 0.717) is 24.4 Å². The van der Waals surface area contributed by atoms with Gasteiger partial charge in [-0.3, -0.25) is 0 Å². The summed E-state index contributed by atoms with van der Waals surface area (Å²) >= 11 is 0. The Bertz CT molecular complexity index is 449. The van der Waals surface area contributed by atoms with E-state index in [0.717, 1.165) is 12.8 Å². The van der Waals surface area contributed by atoms with Gasteiger partial charge in [-0.1, -0.05) is 38.1 Å². The summed E-state index contributed by atoms with van der Waals surface area (Å²) in [7, 11) is 0. The summed E-state index contributed by atoms with van der Waals surface area (Å²) in [5, 5.41) is 8.65. The lowest BCUT2D eigenvalue weighted by Crippen LogP contribution is -2.29. The molecule has 2 rings (SSSR count). The lowest BCUT2D eigenvalue weighted by atomic mass is 9.70. The predicted octanol–water partition coefficient (Wildman–Crippen LogP) is 3.93. The molecule has 0 saturated heterocycles. The van der Waals surface area contributed by atoms with Gasteiger partial charge in [0.25, 0.3) is 0 Å². The van der Waals surface area contributed by atoms with Crippen molar-refractivity contribution in [2.24, 2.45) is 11.8 Å². The average Bonchev–Trinajstić information content (AvgIpc) is 2.37. The molecular formula is C16H24Cl2O3. The molecule has 2 unspecified atom stereocenters. The molecule has 0 heterocycles. The molecule has 0 aliphatic heterocycles. The van der Waals surface area contributed by atoms with Crippen LogP contribution in [0.1, 0.15) is 37.3 Å². The number of fused-ring (bicyclic) bond motifs is 1. The zero-order valence-corrected chi connectivity index (χ0v) is 14.1. The number of aryl methyl sites for hydroxylation is 1. The van der Waals surface area contributed by atoms with E-state index in [-0.39, 0.29) is 31.4 Å². The summed E-state index contributed by atoms with van der Waals surface area (Å²) in [6.45, 7) is 4.82. The number of carboxylic acids is 1. The molecule has 3 nitrogen and oxygen atoms in total. The molecule has 1 aromatic carbocycles. The molecule has 120 valence electrons. The van der Waals surface area contributed by atoms with Crippen LogP contribution in [-0.4, -0.2) is 24.3 Å². The third-order valence-electron chi connectivity index (χ3n) is 3.98. The van der Waals surface area contributed by atoms with E-state index in [4.69, 9.17) is 9.84 Å². The standard InChI is InChI=1S/C16H22O3.2ClH/c1-11(2)16-13(9-19-10-15(17)18)8-7-12-5-3-4-6-14(12)16;;/h3-6,11,13,16H,7-10H2,1-2H3,(H,17,18);2*1H. The Morgan fingerprint density at radius 1 is 1.33 bits per heavy atom. The van der Waals surface area contributed by atoms with Crippen LogP contribution in [0.3, 0.4) is 0 Å². The molecular weight excluding hydrogens is 311 g/mol. The monoisotopic (exact) mass is 334 g/mol. The molecule has 0 saturated carbocycles. The Morgan fingerprint density at radius 2 is 2.00 bits per heavy atom. The van der Waals surface area contributed by atoms with Gasteiger partial charge in [-0.2, -0.15) is 0 Å². The molecule has 1 aliphatic rings. The smallest absolute Gasteiger partial charge is 0.329 e. The maximum Gasteiger partial charge on any atom is 0.329 e. The minimum Gasteiger partial charge on any atom is -0.480 e. The molecule has 0 radical (unpaired) electrons. The fourth-order valence-corrected chi connectivity index (χ4v) is 3.25. The van der Waals surface area contributed by atoms with Crippen LogP contribution in [-0.2, 0) is 16.0 Å². The van der Waals surface area contributed by atoms with Crippen molar-refractivity contribution in [3.05, 3.63) is 35.4 Å². The lowest BCUT2D eigenvalue weighted by Gasteiger charge is -2.36. The maximum atomic E-state index is 10.5. The Morgan fingerprint density at radius 3 is 2.62 bits per heavy atom. The summed E-state index contributed by atoms with van der Waals surface area (Å²) < 4.78 is 5.33. The Hall–Kier alpha value is -0.770. The van der Waals surface area contributed by atoms with Crippen molar-refractivity contribution in [2.45, 2.75) is 32.6 Å². The first-order valence-electron chi connectivity index (χ1n) is 6.97. The first-order chi connectivity index (χ1) is 9.09. The highest BCUT2D eigenvalue weighted by Crippen LogP contribution is 2.40. The van der Waals surface area contributed by atoms with Gasteiger partial charge in [0, 0.05) is 0 Å². The van der Waals surface area contributed by atoms with Crippen molar-refractivity contribution in [1.29, 1.82) is 0 Å². The van der Waals surface area contributed by atoms with E-state index in [1.807, 2.05) is 0 Å². The van der Waals surface area contributed by atoms with Crippen molar-refractivity contribution >= 4 is 30.8 Å². The van der Waals surface area contributed by atoms with Gasteiger partial charge in [-0.25, -0.2) is 4.79 Å². The minimum atomic E-state index is -0.891. The highest BCUT2D eigenvalue weighted by molar-refractivity contribution is 5.85. The van der Waals surface area contributed by atoms with Gasteiger partial charge in [0.1, 0.15) is 6.61 Å².